The fraction of sp³-hybridized carbons (Fsp3) is 0.500. The number of ether oxygens (including phenoxy) is 1. The van der Waals surface area contributed by atoms with E-state index in [1.165, 1.54) is 19.4 Å². The van der Waals surface area contributed by atoms with Crippen molar-refractivity contribution in [2.24, 2.45) is 5.92 Å². The molecule has 1 N–H and O–H groups in total. The largest absolute Gasteiger partial charge is 0.469 e. The molecule has 7 nitrogen and oxygen atoms in total. The van der Waals surface area contributed by atoms with Crippen molar-refractivity contribution in [3.63, 3.8) is 0 Å². The Hall–Kier alpha value is -2.15. The van der Waals surface area contributed by atoms with Gasteiger partial charge in [0.2, 0.25) is 5.91 Å². The third kappa shape index (κ3) is 4.16. The molecule has 0 aliphatic carbocycles. The van der Waals surface area contributed by atoms with Gasteiger partial charge in [0.25, 0.3) is 5.91 Å². The van der Waals surface area contributed by atoms with Gasteiger partial charge in [-0.05, 0) is 31.5 Å². The van der Waals surface area contributed by atoms with E-state index >= 15 is 0 Å². The highest BCUT2D eigenvalue weighted by molar-refractivity contribution is 6.03. The predicted octanol–water partition coefficient (Wildman–Crippen LogP) is 0.421. The third-order valence-corrected chi connectivity index (χ3v) is 3.41. The molecule has 1 aromatic rings. The molecule has 1 aliphatic heterocycles. The number of nitrogens with zero attached hydrogens (tertiary/aromatic N) is 1. The zero-order chi connectivity index (χ0) is 15.2. The van der Waals surface area contributed by atoms with Crippen LogP contribution >= 0.6 is 0 Å². The van der Waals surface area contributed by atoms with E-state index in [2.05, 4.69) is 5.32 Å². The molecule has 1 saturated heterocycles. The maximum atomic E-state index is 11.8. The van der Waals surface area contributed by atoms with Gasteiger partial charge in [-0.25, -0.2) is 0 Å². The summed E-state index contributed by atoms with van der Waals surface area (Å²) in [6.07, 6.45) is 2.94. The van der Waals surface area contributed by atoms with Gasteiger partial charge in [0.1, 0.15) is 0 Å². The topological polar surface area (TPSA) is 88.9 Å². The van der Waals surface area contributed by atoms with Crippen molar-refractivity contribution in [3.05, 3.63) is 24.2 Å². The number of imide groups is 1. The second-order valence-corrected chi connectivity index (χ2v) is 4.95. The number of amides is 2. The Morgan fingerprint density at radius 2 is 2.29 bits per heavy atom. The number of esters is 1. The van der Waals surface area contributed by atoms with Gasteiger partial charge in [0, 0.05) is 6.54 Å². The molecule has 1 unspecified atom stereocenters. The number of likely N-dealkylation sites (tertiary alicyclic amines) is 1. The fourth-order valence-corrected chi connectivity index (χ4v) is 2.40. The van der Waals surface area contributed by atoms with Crippen molar-refractivity contribution in [3.8, 4) is 0 Å². The number of hydrogen-bond acceptors (Lipinski definition) is 6. The Morgan fingerprint density at radius 1 is 1.48 bits per heavy atom. The van der Waals surface area contributed by atoms with Crippen LogP contribution in [0.3, 0.4) is 0 Å². The van der Waals surface area contributed by atoms with Crippen LogP contribution in [0.2, 0.25) is 0 Å². The molecule has 1 aromatic heterocycles. The Kier molecular flexibility index (Phi) is 5.10. The normalized spacial score (nSPS) is 19.0. The summed E-state index contributed by atoms with van der Waals surface area (Å²) in [5, 5.41) is 2.26. The lowest BCUT2D eigenvalue weighted by molar-refractivity contribution is -0.147. The zero-order valence-corrected chi connectivity index (χ0v) is 11.8. The van der Waals surface area contributed by atoms with E-state index in [4.69, 9.17) is 9.15 Å². The molecular formula is C14H18N2O5. The van der Waals surface area contributed by atoms with Gasteiger partial charge >= 0.3 is 5.97 Å². The average molecular weight is 294 g/mol. The van der Waals surface area contributed by atoms with Crippen LogP contribution in [-0.4, -0.2) is 49.4 Å². The number of nitrogens with one attached hydrogen (secondary N) is 1. The molecule has 1 fully saturated rings. The van der Waals surface area contributed by atoms with Gasteiger partial charge in [-0.1, -0.05) is 0 Å². The molecule has 7 heteroatoms. The molecule has 0 saturated carbocycles. The molecule has 0 aromatic carbocycles. The molecule has 2 rings (SSSR count). The molecular weight excluding hydrogens is 276 g/mol. The van der Waals surface area contributed by atoms with Crippen LogP contribution in [-0.2, 0) is 14.3 Å². The smallest absolute Gasteiger partial charge is 0.309 e. The van der Waals surface area contributed by atoms with Gasteiger partial charge in [0.05, 0.1) is 25.8 Å². The number of furan rings is 1. The standard InChI is InChI=1S/C14H18N2O5/c1-20-14(19)10-4-2-6-16(8-10)9-12(17)15-13(18)11-5-3-7-21-11/h3,5,7,10H,2,4,6,8-9H2,1H3,(H,15,17,18). The molecule has 2 heterocycles. The van der Waals surface area contributed by atoms with Crippen LogP contribution in [0.4, 0.5) is 0 Å². The van der Waals surface area contributed by atoms with Gasteiger partial charge in [-0.15, -0.1) is 0 Å². The minimum Gasteiger partial charge on any atom is -0.469 e. The SMILES string of the molecule is COC(=O)C1CCCN(CC(=O)NC(=O)c2ccco2)C1. The van der Waals surface area contributed by atoms with Crippen molar-refractivity contribution in [1.29, 1.82) is 0 Å². The number of rotatable bonds is 4. The van der Waals surface area contributed by atoms with E-state index in [0.29, 0.717) is 6.54 Å². The van der Waals surface area contributed by atoms with E-state index in [0.717, 1.165) is 19.4 Å². The van der Waals surface area contributed by atoms with E-state index in [9.17, 15) is 14.4 Å². The quantitative estimate of drug-likeness (QED) is 0.810. The van der Waals surface area contributed by atoms with Crippen LogP contribution in [0.1, 0.15) is 23.4 Å². The van der Waals surface area contributed by atoms with Crippen LogP contribution in [0.25, 0.3) is 0 Å². The van der Waals surface area contributed by atoms with Crippen molar-refractivity contribution in [1.82, 2.24) is 10.2 Å². The van der Waals surface area contributed by atoms with Crippen LogP contribution < -0.4 is 5.32 Å². The van der Waals surface area contributed by atoms with E-state index in [-0.39, 0.29) is 24.2 Å². The maximum absolute atomic E-state index is 11.8. The zero-order valence-electron chi connectivity index (χ0n) is 11.8. The Labute approximate surface area is 122 Å². The second kappa shape index (κ2) is 7.03. The highest BCUT2D eigenvalue weighted by atomic mass is 16.5. The van der Waals surface area contributed by atoms with E-state index in [1.807, 2.05) is 4.90 Å². The first-order valence-corrected chi connectivity index (χ1v) is 6.78. The summed E-state index contributed by atoms with van der Waals surface area (Å²) in [6.45, 7) is 1.25. The van der Waals surface area contributed by atoms with Crippen molar-refractivity contribution in [2.45, 2.75) is 12.8 Å². The molecule has 1 aliphatic rings. The minimum atomic E-state index is -0.563. The fourth-order valence-electron chi connectivity index (χ4n) is 2.40. The number of piperidine rings is 1. The first-order valence-electron chi connectivity index (χ1n) is 6.78. The molecule has 114 valence electrons. The Bertz CT molecular complexity index is 511. The number of hydrogen-bond donors (Lipinski definition) is 1. The lowest BCUT2D eigenvalue weighted by Gasteiger charge is -2.30. The first-order chi connectivity index (χ1) is 10.1. The van der Waals surface area contributed by atoms with Gasteiger partial charge in [0.15, 0.2) is 5.76 Å². The second-order valence-electron chi connectivity index (χ2n) is 4.95. The van der Waals surface area contributed by atoms with Crippen LogP contribution in [0.15, 0.2) is 22.8 Å². The highest BCUT2D eigenvalue weighted by Gasteiger charge is 2.27. The monoisotopic (exact) mass is 294 g/mol. The highest BCUT2D eigenvalue weighted by Crippen LogP contribution is 2.17. The summed E-state index contributed by atoms with van der Waals surface area (Å²) in [4.78, 5) is 36.8. The Balaban J connectivity index is 1.82. The summed E-state index contributed by atoms with van der Waals surface area (Å²) in [5.74, 6) is -1.35. The van der Waals surface area contributed by atoms with Gasteiger partial charge in [-0.3, -0.25) is 24.6 Å². The van der Waals surface area contributed by atoms with Gasteiger partial charge < -0.3 is 9.15 Å². The molecule has 0 radical (unpaired) electrons. The molecule has 0 spiro atoms. The predicted molar refractivity (Wildman–Crippen MR) is 72.4 cm³/mol. The minimum absolute atomic E-state index is 0.0694. The first kappa shape index (κ1) is 15.2. The molecule has 0 bridgehead atoms. The Morgan fingerprint density at radius 3 is 2.95 bits per heavy atom. The van der Waals surface area contributed by atoms with Crippen molar-refractivity contribution < 1.29 is 23.5 Å². The molecule has 1 atom stereocenters. The van der Waals surface area contributed by atoms with Crippen molar-refractivity contribution >= 4 is 17.8 Å². The number of carbonyl (C=O) groups is 3. The van der Waals surface area contributed by atoms with Crippen molar-refractivity contribution in [2.75, 3.05) is 26.7 Å². The van der Waals surface area contributed by atoms with Gasteiger partial charge in [-0.2, -0.15) is 0 Å². The summed E-state index contributed by atoms with van der Waals surface area (Å²) in [6, 6.07) is 3.06. The summed E-state index contributed by atoms with van der Waals surface area (Å²) < 4.78 is 9.63. The lowest BCUT2D eigenvalue weighted by Crippen LogP contribution is -2.45. The van der Waals surface area contributed by atoms with E-state index < -0.39 is 11.8 Å². The molecule has 21 heavy (non-hydrogen) atoms. The maximum Gasteiger partial charge on any atom is 0.309 e. The van der Waals surface area contributed by atoms with Crippen LogP contribution in [0.5, 0.6) is 0 Å². The molecule has 2 amide bonds. The summed E-state index contributed by atoms with van der Waals surface area (Å²) in [5.41, 5.74) is 0. The lowest BCUT2D eigenvalue weighted by atomic mass is 9.98. The number of methoxy groups -OCH3 is 1. The average Bonchev–Trinajstić information content (AvgIpc) is 3.00. The third-order valence-electron chi connectivity index (χ3n) is 3.41. The van der Waals surface area contributed by atoms with Crippen LogP contribution in [0, 0.1) is 5.92 Å². The van der Waals surface area contributed by atoms with E-state index in [1.54, 1.807) is 6.07 Å². The number of carbonyl (C=O) groups excluding carboxylic acids is 3. The summed E-state index contributed by atoms with van der Waals surface area (Å²) in [7, 11) is 1.36. The summed E-state index contributed by atoms with van der Waals surface area (Å²) >= 11 is 0.